The van der Waals surface area contributed by atoms with Crippen LogP contribution in [-0.2, 0) is 9.59 Å². The van der Waals surface area contributed by atoms with Gasteiger partial charge in [-0.15, -0.1) is 0 Å². The van der Waals surface area contributed by atoms with Crippen LogP contribution in [0.4, 0.5) is 5.69 Å². The summed E-state index contributed by atoms with van der Waals surface area (Å²) >= 11 is 0. The fraction of sp³-hybridized carbons (Fsp3) is 0.353. The normalized spacial score (nSPS) is 11.1. The summed E-state index contributed by atoms with van der Waals surface area (Å²) in [6.07, 6.45) is 3.57. The molecule has 122 valence electrons. The maximum atomic E-state index is 12.0. The molecule has 0 atom stereocenters. The summed E-state index contributed by atoms with van der Waals surface area (Å²) in [4.78, 5) is 23.7. The van der Waals surface area contributed by atoms with Crippen LogP contribution in [0.25, 0.3) is 5.69 Å². The fourth-order valence-electron chi connectivity index (χ4n) is 1.97. The molecule has 0 saturated heterocycles. The fourth-order valence-corrected chi connectivity index (χ4v) is 1.97. The minimum Gasteiger partial charge on any atom is -0.347 e. The molecule has 2 amide bonds. The van der Waals surface area contributed by atoms with Crippen LogP contribution in [-0.4, -0.2) is 28.1 Å². The number of amides is 2. The molecule has 0 saturated carbocycles. The van der Waals surface area contributed by atoms with Crippen LogP contribution in [0, 0.1) is 12.3 Å². The van der Waals surface area contributed by atoms with E-state index < -0.39 is 5.41 Å². The molecule has 6 heteroatoms. The van der Waals surface area contributed by atoms with Gasteiger partial charge in [-0.3, -0.25) is 9.59 Å². The van der Waals surface area contributed by atoms with Gasteiger partial charge in [0, 0.05) is 23.5 Å². The SMILES string of the molecule is Cc1cc(-n2cccn2)ccc1NC(=O)CNC(=O)C(C)(C)C. The molecule has 0 aliphatic carbocycles. The van der Waals surface area contributed by atoms with Gasteiger partial charge in [-0.25, -0.2) is 4.68 Å². The van der Waals surface area contributed by atoms with Crippen molar-refractivity contribution >= 4 is 17.5 Å². The molecule has 0 radical (unpaired) electrons. The van der Waals surface area contributed by atoms with Crippen molar-refractivity contribution < 1.29 is 9.59 Å². The van der Waals surface area contributed by atoms with Crippen molar-refractivity contribution in [2.24, 2.45) is 5.41 Å². The van der Waals surface area contributed by atoms with E-state index >= 15 is 0 Å². The molecule has 0 bridgehead atoms. The highest BCUT2D eigenvalue weighted by Crippen LogP contribution is 2.18. The highest BCUT2D eigenvalue weighted by atomic mass is 16.2. The molecule has 0 aliphatic rings. The third kappa shape index (κ3) is 4.42. The molecule has 6 nitrogen and oxygen atoms in total. The van der Waals surface area contributed by atoms with E-state index in [-0.39, 0.29) is 18.4 Å². The second-order valence-electron chi connectivity index (χ2n) is 6.43. The summed E-state index contributed by atoms with van der Waals surface area (Å²) in [6, 6.07) is 7.50. The average Bonchev–Trinajstić information content (AvgIpc) is 3.00. The number of hydrogen-bond donors (Lipinski definition) is 2. The van der Waals surface area contributed by atoms with Gasteiger partial charge in [0.15, 0.2) is 0 Å². The Labute approximate surface area is 135 Å². The highest BCUT2D eigenvalue weighted by Gasteiger charge is 2.21. The number of aromatic nitrogens is 2. The summed E-state index contributed by atoms with van der Waals surface area (Å²) in [6.45, 7) is 7.28. The molecular weight excluding hydrogens is 292 g/mol. The Hall–Kier alpha value is -2.63. The first-order valence-electron chi connectivity index (χ1n) is 7.46. The Morgan fingerprint density at radius 2 is 2.00 bits per heavy atom. The first kappa shape index (κ1) is 16.7. The number of anilines is 1. The first-order chi connectivity index (χ1) is 10.8. The average molecular weight is 314 g/mol. The van der Waals surface area contributed by atoms with Crippen LogP contribution in [0.3, 0.4) is 0 Å². The van der Waals surface area contributed by atoms with Gasteiger partial charge in [0.2, 0.25) is 11.8 Å². The summed E-state index contributed by atoms with van der Waals surface area (Å²) in [5.41, 5.74) is 2.05. The molecule has 0 spiro atoms. The van der Waals surface area contributed by atoms with Crippen molar-refractivity contribution in [3.63, 3.8) is 0 Å². The number of carbonyl (C=O) groups is 2. The van der Waals surface area contributed by atoms with Crippen LogP contribution in [0.1, 0.15) is 26.3 Å². The molecule has 2 aromatic rings. The minimum atomic E-state index is -0.512. The Morgan fingerprint density at radius 3 is 2.57 bits per heavy atom. The van der Waals surface area contributed by atoms with Crippen LogP contribution in [0.5, 0.6) is 0 Å². The van der Waals surface area contributed by atoms with Gasteiger partial charge in [-0.05, 0) is 36.8 Å². The second-order valence-corrected chi connectivity index (χ2v) is 6.43. The van der Waals surface area contributed by atoms with Gasteiger partial charge in [0.1, 0.15) is 0 Å². The molecule has 1 aromatic heterocycles. The minimum absolute atomic E-state index is 0.0452. The van der Waals surface area contributed by atoms with Crippen molar-refractivity contribution in [3.05, 3.63) is 42.2 Å². The Balaban J connectivity index is 1.98. The summed E-state index contributed by atoms with van der Waals surface area (Å²) in [5, 5.41) is 9.61. The summed E-state index contributed by atoms with van der Waals surface area (Å²) in [7, 11) is 0. The Morgan fingerprint density at radius 1 is 1.26 bits per heavy atom. The molecule has 2 rings (SSSR count). The van der Waals surface area contributed by atoms with E-state index in [2.05, 4.69) is 15.7 Å². The van der Waals surface area contributed by atoms with E-state index in [9.17, 15) is 9.59 Å². The van der Waals surface area contributed by atoms with Gasteiger partial charge in [-0.1, -0.05) is 20.8 Å². The largest absolute Gasteiger partial charge is 0.347 e. The van der Waals surface area contributed by atoms with Gasteiger partial charge < -0.3 is 10.6 Å². The van der Waals surface area contributed by atoms with Crippen LogP contribution < -0.4 is 10.6 Å². The van der Waals surface area contributed by atoms with Crippen molar-refractivity contribution in [2.75, 3.05) is 11.9 Å². The van der Waals surface area contributed by atoms with Gasteiger partial charge in [0.25, 0.3) is 0 Å². The van der Waals surface area contributed by atoms with E-state index in [4.69, 9.17) is 0 Å². The molecule has 0 fully saturated rings. The monoisotopic (exact) mass is 314 g/mol. The predicted octanol–water partition coefficient (Wildman–Crippen LogP) is 2.28. The highest BCUT2D eigenvalue weighted by molar-refractivity contribution is 5.95. The standard InChI is InChI=1S/C17H22N4O2/c1-12-10-13(21-9-5-8-19-21)6-7-14(12)20-15(22)11-18-16(23)17(2,3)4/h5-10H,11H2,1-4H3,(H,18,23)(H,20,22). The number of nitrogens with zero attached hydrogens (tertiary/aromatic N) is 2. The summed E-state index contributed by atoms with van der Waals surface area (Å²) < 4.78 is 1.75. The third-order valence-corrected chi connectivity index (χ3v) is 3.34. The summed E-state index contributed by atoms with van der Waals surface area (Å²) in [5.74, 6) is -0.407. The lowest BCUT2D eigenvalue weighted by Gasteiger charge is -2.17. The predicted molar refractivity (Wildman–Crippen MR) is 89.4 cm³/mol. The van der Waals surface area contributed by atoms with Crippen molar-refractivity contribution in [1.29, 1.82) is 0 Å². The van der Waals surface area contributed by atoms with E-state index in [0.29, 0.717) is 0 Å². The number of hydrogen-bond acceptors (Lipinski definition) is 3. The number of aryl methyl sites for hydroxylation is 1. The Kier molecular flexibility index (Phi) is 4.83. The van der Waals surface area contributed by atoms with E-state index in [1.165, 1.54) is 0 Å². The number of rotatable bonds is 4. The third-order valence-electron chi connectivity index (χ3n) is 3.34. The number of nitrogens with one attached hydrogen (secondary N) is 2. The van der Waals surface area contributed by atoms with Gasteiger partial charge in [-0.2, -0.15) is 5.10 Å². The first-order valence-corrected chi connectivity index (χ1v) is 7.46. The Bertz CT molecular complexity index is 700. The molecule has 0 unspecified atom stereocenters. The molecule has 23 heavy (non-hydrogen) atoms. The lowest BCUT2D eigenvalue weighted by molar-refractivity contribution is -0.130. The molecule has 1 heterocycles. The maximum Gasteiger partial charge on any atom is 0.243 e. The zero-order chi connectivity index (χ0) is 17.0. The van der Waals surface area contributed by atoms with E-state index in [1.54, 1.807) is 31.6 Å². The van der Waals surface area contributed by atoms with Gasteiger partial charge >= 0.3 is 0 Å². The van der Waals surface area contributed by atoms with Crippen LogP contribution in [0.2, 0.25) is 0 Å². The second kappa shape index (κ2) is 6.64. The zero-order valence-corrected chi connectivity index (χ0v) is 13.9. The maximum absolute atomic E-state index is 12.0. The molecule has 0 aliphatic heterocycles. The topological polar surface area (TPSA) is 76.0 Å². The van der Waals surface area contributed by atoms with Crippen LogP contribution in [0.15, 0.2) is 36.7 Å². The number of carbonyl (C=O) groups excluding carboxylic acids is 2. The lowest BCUT2D eigenvalue weighted by atomic mass is 9.96. The van der Waals surface area contributed by atoms with E-state index in [0.717, 1.165) is 16.9 Å². The van der Waals surface area contributed by atoms with Crippen LogP contribution >= 0.6 is 0 Å². The van der Waals surface area contributed by atoms with E-state index in [1.807, 2.05) is 37.4 Å². The number of benzene rings is 1. The molecule has 1 aromatic carbocycles. The lowest BCUT2D eigenvalue weighted by Crippen LogP contribution is -2.39. The van der Waals surface area contributed by atoms with Crippen molar-refractivity contribution in [1.82, 2.24) is 15.1 Å². The zero-order valence-electron chi connectivity index (χ0n) is 13.9. The smallest absolute Gasteiger partial charge is 0.243 e. The van der Waals surface area contributed by atoms with Crippen molar-refractivity contribution in [2.45, 2.75) is 27.7 Å². The van der Waals surface area contributed by atoms with Gasteiger partial charge in [0.05, 0.1) is 12.2 Å². The molecular formula is C17H22N4O2. The molecule has 2 N–H and O–H groups in total. The quantitative estimate of drug-likeness (QED) is 0.909. The van der Waals surface area contributed by atoms with Crippen molar-refractivity contribution in [3.8, 4) is 5.69 Å².